The molecule has 112 valence electrons. The molecule has 20 heavy (non-hydrogen) atoms. The summed E-state index contributed by atoms with van der Waals surface area (Å²) in [5, 5.41) is 12.0. The highest BCUT2D eigenvalue weighted by molar-refractivity contribution is 6.32. The van der Waals surface area contributed by atoms with E-state index in [-0.39, 0.29) is 22.1 Å². The van der Waals surface area contributed by atoms with E-state index in [0.29, 0.717) is 12.4 Å². The third kappa shape index (κ3) is 4.89. The van der Waals surface area contributed by atoms with Gasteiger partial charge in [-0.25, -0.2) is 4.39 Å². The van der Waals surface area contributed by atoms with Crippen LogP contribution in [0.25, 0.3) is 0 Å². The summed E-state index contributed by atoms with van der Waals surface area (Å²) in [6.07, 6.45) is 2.45. The van der Waals surface area contributed by atoms with Crippen molar-refractivity contribution in [3.05, 3.63) is 29.0 Å². The number of nitrogens with two attached hydrogens (primary N) is 1. The van der Waals surface area contributed by atoms with Gasteiger partial charge in [-0.1, -0.05) is 30.6 Å². The van der Waals surface area contributed by atoms with Gasteiger partial charge in [-0.3, -0.25) is 0 Å². The molecule has 0 aromatic heterocycles. The van der Waals surface area contributed by atoms with Crippen LogP contribution in [0.15, 0.2) is 23.4 Å². The molecule has 0 atom stereocenters. The zero-order valence-corrected chi connectivity index (χ0v) is 12.5. The van der Waals surface area contributed by atoms with Crippen molar-refractivity contribution in [3.63, 3.8) is 0 Å². The van der Waals surface area contributed by atoms with Gasteiger partial charge in [-0.2, -0.15) is 0 Å². The van der Waals surface area contributed by atoms with Crippen molar-refractivity contribution in [1.29, 1.82) is 0 Å². The van der Waals surface area contributed by atoms with Crippen molar-refractivity contribution in [3.8, 4) is 5.75 Å². The van der Waals surface area contributed by atoms with Gasteiger partial charge >= 0.3 is 0 Å². The number of ether oxygens (including phenoxy) is 1. The van der Waals surface area contributed by atoms with E-state index < -0.39 is 0 Å². The van der Waals surface area contributed by atoms with E-state index in [9.17, 15) is 4.39 Å². The molecule has 0 spiro atoms. The van der Waals surface area contributed by atoms with Gasteiger partial charge in [-0.05, 0) is 37.5 Å². The van der Waals surface area contributed by atoms with Gasteiger partial charge in [0.25, 0.3) is 0 Å². The second kappa shape index (κ2) is 7.33. The maximum Gasteiger partial charge on any atom is 0.144 e. The third-order valence-corrected chi connectivity index (χ3v) is 3.44. The van der Waals surface area contributed by atoms with Gasteiger partial charge < -0.3 is 15.7 Å². The molecule has 0 heterocycles. The molecule has 1 rings (SSSR count). The maximum atomic E-state index is 12.8. The molecule has 0 radical (unpaired) electrons. The molecule has 4 nitrogen and oxygen atoms in total. The number of hydrogen-bond acceptors (Lipinski definition) is 3. The zero-order chi connectivity index (χ0) is 15.2. The number of rotatable bonds is 7. The van der Waals surface area contributed by atoms with Crippen LogP contribution in [0.3, 0.4) is 0 Å². The Kier molecular flexibility index (Phi) is 6.07. The van der Waals surface area contributed by atoms with E-state index >= 15 is 0 Å². The highest BCUT2D eigenvalue weighted by Crippen LogP contribution is 2.26. The lowest BCUT2D eigenvalue weighted by molar-refractivity contribution is 0.288. The van der Waals surface area contributed by atoms with Crippen molar-refractivity contribution in [1.82, 2.24) is 0 Å². The van der Waals surface area contributed by atoms with Crippen molar-refractivity contribution >= 4 is 17.4 Å². The molecule has 0 fully saturated rings. The summed E-state index contributed by atoms with van der Waals surface area (Å²) in [7, 11) is 0. The smallest absolute Gasteiger partial charge is 0.144 e. The van der Waals surface area contributed by atoms with Crippen LogP contribution in [0, 0.1) is 11.2 Å². The van der Waals surface area contributed by atoms with E-state index in [1.807, 2.05) is 13.8 Å². The molecule has 0 saturated heterocycles. The Hall–Kier alpha value is -1.49. The fraction of sp³-hybridized carbons (Fsp3) is 0.500. The van der Waals surface area contributed by atoms with E-state index in [1.165, 1.54) is 18.2 Å². The summed E-state index contributed by atoms with van der Waals surface area (Å²) in [4.78, 5) is 0. The number of nitrogens with zero attached hydrogens (tertiary/aromatic N) is 1. The minimum atomic E-state index is -0.386. The predicted octanol–water partition coefficient (Wildman–Crippen LogP) is 3.80. The number of benzene rings is 1. The molecule has 0 unspecified atom stereocenters. The monoisotopic (exact) mass is 302 g/mol. The van der Waals surface area contributed by atoms with Crippen molar-refractivity contribution in [2.24, 2.45) is 16.3 Å². The molecular weight excluding hydrogens is 283 g/mol. The fourth-order valence-corrected chi connectivity index (χ4v) is 1.93. The van der Waals surface area contributed by atoms with Crippen LogP contribution in [-0.4, -0.2) is 17.6 Å². The van der Waals surface area contributed by atoms with Crippen molar-refractivity contribution in [2.45, 2.75) is 33.1 Å². The van der Waals surface area contributed by atoms with E-state index in [2.05, 4.69) is 5.16 Å². The first kappa shape index (κ1) is 16.6. The molecule has 1 aromatic rings. The summed E-state index contributed by atoms with van der Waals surface area (Å²) < 4.78 is 18.3. The average molecular weight is 303 g/mol. The molecule has 0 bridgehead atoms. The van der Waals surface area contributed by atoms with Crippen LogP contribution in [0.1, 0.15) is 33.1 Å². The van der Waals surface area contributed by atoms with E-state index in [4.69, 9.17) is 27.3 Å². The Labute approximate surface area is 123 Å². The van der Waals surface area contributed by atoms with Crippen molar-refractivity contribution < 1.29 is 14.3 Å². The van der Waals surface area contributed by atoms with Gasteiger partial charge in [-0.15, -0.1) is 0 Å². The van der Waals surface area contributed by atoms with Gasteiger partial charge in [0.2, 0.25) is 0 Å². The average Bonchev–Trinajstić information content (AvgIpc) is 2.39. The summed E-state index contributed by atoms with van der Waals surface area (Å²) in [6.45, 7) is 4.32. The quantitative estimate of drug-likeness (QED) is 0.265. The maximum absolute atomic E-state index is 12.8. The summed E-state index contributed by atoms with van der Waals surface area (Å²) >= 11 is 5.85. The molecule has 0 aliphatic heterocycles. The first-order valence-corrected chi connectivity index (χ1v) is 6.80. The van der Waals surface area contributed by atoms with Crippen LogP contribution in [0.5, 0.6) is 5.75 Å². The normalized spacial score (nSPS) is 12.5. The molecular formula is C14H20ClFN2O2. The van der Waals surface area contributed by atoms with E-state index in [0.717, 1.165) is 19.3 Å². The van der Waals surface area contributed by atoms with Gasteiger partial charge in [0, 0.05) is 5.41 Å². The van der Waals surface area contributed by atoms with Gasteiger partial charge in [0.1, 0.15) is 17.4 Å². The summed E-state index contributed by atoms with van der Waals surface area (Å²) in [5.74, 6) is 0.312. The summed E-state index contributed by atoms with van der Waals surface area (Å²) in [5.41, 5.74) is 5.26. The lowest BCUT2D eigenvalue weighted by Gasteiger charge is -2.22. The standard InChI is InChI=1S/C14H20ClFN2O2/c1-14(2,13(17)18-19)7-3-4-8-20-12-6-5-10(16)9-11(12)15/h5-6,9,19H,3-4,7-8H2,1-2H3,(H2,17,18). The van der Waals surface area contributed by atoms with E-state index in [1.54, 1.807) is 0 Å². The molecule has 6 heteroatoms. The first-order chi connectivity index (χ1) is 9.36. The highest BCUT2D eigenvalue weighted by Gasteiger charge is 2.22. The van der Waals surface area contributed by atoms with Crippen LogP contribution in [0.2, 0.25) is 5.02 Å². The number of oxime groups is 1. The lowest BCUT2D eigenvalue weighted by atomic mass is 9.86. The molecule has 0 amide bonds. The van der Waals surface area contributed by atoms with Gasteiger partial charge in [0.15, 0.2) is 0 Å². The minimum Gasteiger partial charge on any atom is -0.492 e. The second-order valence-corrected chi connectivity index (χ2v) is 5.66. The Morgan fingerprint density at radius 2 is 2.15 bits per heavy atom. The fourth-order valence-electron chi connectivity index (χ4n) is 1.71. The molecule has 1 aromatic carbocycles. The van der Waals surface area contributed by atoms with Crippen molar-refractivity contribution in [2.75, 3.05) is 6.61 Å². The number of halogens is 2. The highest BCUT2D eigenvalue weighted by atomic mass is 35.5. The Morgan fingerprint density at radius 1 is 1.45 bits per heavy atom. The van der Waals surface area contributed by atoms with Crippen LogP contribution in [0.4, 0.5) is 4.39 Å². The third-order valence-electron chi connectivity index (χ3n) is 3.15. The minimum absolute atomic E-state index is 0.222. The Bertz CT molecular complexity index is 478. The first-order valence-electron chi connectivity index (χ1n) is 6.42. The van der Waals surface area contributed by atoms with Crippen LogP contribution in [-0.2, 0) is 0 Å². The van der Waals surface area contributed by atoms with Gasteiger partial charge in [0.05, 0.1) is 11.6 Å². The van der Waals surface area contributed by atoms with Crippen LogP contribution >= 0.6 is 11.6 Å². The number of unbranched alkanes of at least 4 members (excludes halogenated alkanes) is 1. The largest absolute Gasteiger partial charge is 0.492 e. The molecule has 3 N–H and O–H groups in total. The number of hydrogen-bond donors (Lipinski definition) is 2. The Morgan fingerprint density at radius 3 is 2.75 bits per heavy atom. The lowest BCUT2D eigenvalue weighted by Crippen LogP contribution is -2.31. The molecule has 0 saturated carbocycles. The topological polar surface area (TPSA) is 67.8 Å². The Balaban J connectivity index is 2.32. The van der Waals surface area contributed by atoms with Crippen LogP contribution < -0.4 is 10.5 Å². The predicted molar refractivity (Wildman–Crippen MR) is 77.9 cm³/mol. The number of amidine groups is 1. The SMILES string of the molecule is CC(C)(CCCCOc1ccc(F)cc1Cl)/C(N)=N/O. The summed E-state index contributed by atoms with van der Waals surface area (Å²) in [6, 6.07) is 4.04. The molecule has 0 aliphatic carbocycles. The second-order valence-electron chi connectivity index (χ2n) is 5.25. The molecule has 0 aliphatic rings. The zero-order valence-electron chi connectivity index (χ0n) is 11.7.